The third-order valence-electron chi connectivity index (χ3n) is 2.44. The number of aromatic amines is 1. The summed E-state index contributed by atoms with van der Waals surface area (Å²) in [6, 6.07) is 5.82. The van der Waals surface area contributed by atoms with E-state index in [0.717, 1.165) is 0 Å². The molecular formula is C12H11N3O4. The average Bonchev–Trinajstić information content (AvgIpc) is 2.92. The van der Waals surface area contributed by atoms with E-state index in [1.807, 2.05) is 0 Å². The maximum Gasteiger partial charge on any atom is 0.339 e. The van der Waals surface area contributed by atoms with Crippen molar-refractivity contribution in [3.63, 3.8) is 0 Å². The lowest BCUT2D eigenvalue weighted by Gasteiger charge is -2.08. The van der Waals surface area contributed by atoms with E-state index in [4.69, 9.17) is 9.84 Å². The lowest BCUT2D eigenvalue weighted by Crippen LogP contribution is -2.13. The van der Waals surface area contributed by atoms with E-state index in [1.54, 1.807) is 0 Å². The molecule has 3 N–H and O–H groups in total. The van der Waals surface area contributed by atoms with Crippen molar-refractivity contribution in [1.82, 2.24) is 10.2 Å². The van der Waals surface area contributed by atoms with Crippen molar-refractivity contribution in [3.05, 3.63) is 41.7 Å². The molecule has 0 unspecified atom stereocenters. The van der Waals surface area contributed by atoms with Crippen LogP contribution in [0.4, 0.5) is 5.69 Å². The third kappa shape index (κ3) is 2.71. The van der Waals surface area contributed by atoms with Gasteiger partial charge in [-0.1, -0.05) is 0 Å². The zero-order valence-electron chi connectivity index (χ0n) is 10.0. The monoisotopic (exact) mass is 261 g/mol. The van der Waals surface area contributed by atoms with E-state index in [-0.39, 0.29) is 17.2 Å². The molecule has 1 amide bonds. The Balaban J connectivity index is 2.22. The molecule has 7 heteroatoms. The summed E-state index contributed by atoms with van der Waals surface area (Å²) in [4.78, 5) is 22.7. The molecular weight excluding hydrogens is 250 g/mol. The number of ether oxygens (including phenoxy) is 1. The lowest BCUT2D eigenvalue weighted by molar-refractivity contribution is 0.0693. The highest BCUT2D eigenvalue weighted by molar-refractivity contribution is 6.03. The summed E-state index contributed by atoms with van der Waals surface area (Å²) in [5.74, 6) is -1.29. The number of nitrogens with zero attached hydrogens (tertiary/aromatic N) is 1. The number of anilines is 1. The number of methoxy groups -OCH3 is 1. The highest BCUT2D eigenvalue weighted by atomic mass is 16.5. The largest absolute Gasteiger partial charge is 0.496 e. The molecule has 0 radical (unpaired) electrons. The molecule has 0 spiro atoms. The van der Waals surface area contributed by atoms with Crippen LogP contribution in [-0.4, -0.2) is 34.3 Å². The molecule has 0 atom stereocenters. The number of carboxylic acid groups (broad SMARTS) is 1. The molecule has 19 heavy (non-hydrogen) atoms. The number of rotatable bonds is 4. The Kier molecular flexibility index (Phi) is 3.46. The zero-order chi connectivity index (χ0) is 13.8. The summed E-state index contributed by atoms with van der Waals surface area (Å²) in [5, 5.41) is 17.7. The molecule has 0 aliphatic rings. The standard InChI is InChI=1S/C12H11N3O4/c1-19-10-6-7(2-3-8(10)12(17)18)14-11(16)9-4-5-13-15-9/h2-6H,1H3,(H,13,15)(H,14,16)(H,17,18). The van der Waals surface area contributed by atoms with Crippen LogP contribution in [0.5, 0.6) is 5.75 Å². The molecule has 98 valence electrons. The number of carbonyl (C=O) groups excluding carboxylic acids is 1. The lowest BCUT2D eigenvalue weighted by atomic mass is 10.2. The molecule has 0 aliphatic heterocycles. The van der Waals surface area contributed by atoms with Crippen LogP contribution in [0.1, 0.15) is 20.8 Å². The first kappa shape index (κ1) is 12.6. The van der Waals surface area contributed by atoms with Crippen molar-refractivity contribution in [2.24, 2.45) is 0 Å². The molecule has 0 aliphatic carbocycles. The minimum Gasteiger partial charge on any atom is -0.496 e. The summed E-state index contributed by atoms with van der Waals surface area (Å²) >= 11 is 0. The van der Waals surface area contributed by atoms with Gasteiger partial charge in [0.15, 0.2) is 0 Å². The Hall–Kier alpha value is -2.83. The van der Waals surface area contributed by atoms with Crippen molar-refractivity contribution in [2.75, 3.05) is 12.4 Å². The number of H-pyrrole nitrogens is 1. The molecule has 0 saturated carbocycles. The predicted octanol–water partition coefficient (Wildman–Crippen LogP) is 1.37. The molecule has 0 bridgehead atoms. The second-order valence-corrected chi connectivity index (χ2v) is 3.64. The van der Waals surface area contributed by atoms with Gasteiger partial charge in [-0.2, -0.15) is 5.10 Å². The Labute approximate surface area is 108 Å². The van der Waals surface area contributed by atoms with Gasteiger partial charge in [0.25, 0.3) is 5.91 Å². The smallest absolute Gasteiger partial charge is 0.339 e. The van der Waals surface area contributed by atoms with Gasteiger partial charge in [0, 0.05) is 18.0 Å². The van der Waals surface area contributed by atoms with Gasteiger partial charge in [-0.15, -0.1) is 0 Å². The van der Waals surface area contributed by atoms with Crippen molar-refractivity contribution in [2.45, 2.75) is 0 Å². The van der Waals surface area contributed by atoms with Gasteiger partial charge < -0.3 is 15.2 Å². The highest BCUT2D eigenvalue weighted by Gasteiger charge is 2.13. The molecule has 1 aromatic carbocycles. The first-order valence-corrected chi connectivity index (χ1v) is 5.34. The maximum absolute atomic E-state index is 11.8. The summed E-state index contributed by atoms with van der Waals surface area (Å²) in [6.07, 6.45) is 1.46. The van der Waals surface area contributed by atoms with Crippen molar-refractivity contribution in [3.8, 4) is 5.75 Å². The number of aromatic nitrogens is 2. The minimum absolute atomic E-state index is 0.0297. The van der Waals surface area contributed by atoms with E-state index in [9.17, 15) is 9.59 Å². The second kappa shape index (κ2) is 5.21. The minimum atomic E-state index is -1.09. The topological polar surface area (TPSA) is 104 Å². The number of carbonyl (C=O) groups is 2. The number of amides is 1. The van der Waals surface area contributed by atoms with E-state index in [2.05, 4.69) is 15.5 Å². The van der Waals surface area contributed by atoms with Crippen LogP contribution < -0.4 is 10.1 Å². The Morgan fingerprint density at radius 1 is 1.37 bits per heavy atom. The zero-order valence-corrected chi connectivity index (χ0v) is 10.0. The number of hydrogen-bond acceptors (Lipinski definition) is 4. The average molecular weight is 261 g/mol. The first-order valence-electron chi connectivity index (χ1n) is 5.34. The number of benzene rings is 1. The van der Waals surface area contributed by atoms with Gasteiger partial charge in [-0.25, -0.2) is 4.79 Å². The third-order valence-corrected chi connectivity index (χ3v) is 2.44. The number of aromatic carboxylic acids is 1. The maximum atomic E-state index is 11.8. The van der Waals surface area contributed by atoms with E-state index in [1.165, 1.54) is 37.6 Å². The van der Waals surface area contributed by atoms with E-state index in [0.29, 0.717) is 11.4 Å². The predicted molar refractivity (Wildman–Crippen MR) is 66.5 cm³/mol. The summed E-state index contributed by atoms with van der Waals surface area (Å²) in [6.45, 7) is 0. The molecule has 0 fully saturated rings. The number of hydrogen-bond donors (Lipinski definition) is 3. The summed E-state index contributed by atoms with van der Waals surface area (Å²) in [5.41, 5.74) is 0.768. The summed E-state index contributed by atoms with van der Waals surface area (Å²) < 4.78 is 4.97. The van der Waals surface area contributed by atoms with Crippen LogP contribution >= 0.6 is 0 Å². The Morgan fingerprint density at radius 2 is 2.16 bits per heavy atom. The Morgan fingerprint density at radius 3 is 2.74 bits per heavy atom. The number of carboxylic acids is 1. The van der Waals surface area contributed by atoms with Gasteiger partial charge in [0.2, 0.25) is 0 Å². The van der Waals surface area contributed by atoms with Gasteiger partial charge in [0.1, 0.15) is 17.0 Å². The van der Waals surface area contributed by atoms with E-state index >= 15 is 0 Å². The van der Waals surface area contributed by atoms with Crippen LogP contribution in [0.15, 0.2) is 30.5 Å². The first-order chi connectivity index (χ1) is 9.11. The highest BCUT2D eigenvalue weighted by Crippen LogP contribution is 2.23. The van der Waals surface area contributed by atoms with Gasteiger partial charge in [-0.3, -0.25) is 9.89 Å². The van der Waals surface area contributed by atoms with Crippen LogP contribution in [0.25, 0.3) is 0 Å². The van der Waals surface area contributed by atoms with Crippen molar-refractivity contribution in [1.29, 1.82) is 0 Å². The van der Waals surface area contributed by atoms with Crippen molar-refractivity contribution < 1.29 is 19.4 Å². The van der Waals surface area contributed by atoms with Crippen LogP contribution in [0.3, 0.4) is 0 Å². The Bertz CT molecular complexity index is 607. The van der Waals surface area contributed by atoms with Crippen molar-refractivity contribution >= 4 is 17.6 Å². The fraction of sp³-hybridized carbons (Fsp3) is 0.0833. The molecule has 7 nitrogen and oxygen atoms in total. The normalized spacial score (nSPS) is 9.95. The van der Waals surface area contributed by atoms with Gasteiger partial charge in [-0.05, 0) is 18.2 Å². The fourth-order valence-corrected chi connectivity index (χ4v) is 1.53. The molecule has 2 aromatic rings. The summed E-state index contributed by atoms with van der Waals surface area (Å²) in [7, 11) is 1.36. The molecule has 1 heterocycles. The molecule has 2 rings (SSSR count). The van der Waals surface area contributed by atoms with Gasteiger partial charge >= 0.3 is 5.97 Å². The number of nitrogens with one attached hydrogen (secondary N) is 2. The molecule has 0 saturated heterocycles. The SMILES string of the molecule is COc1cc(NC(=O)c2ccn[nH]2)ccc1C(=O)O. The molecule has 1 aromatic heterocycles. The van der Waals surface area contributed by atoms with Gasteiger partial charge in [0.05, 0.1) is 7.11 Å². The van der Waals surface area contributed by atoms with Crippen LogP contribution in [0.2, 0.25) is 0 Å². The fourth-order valence-electron chi connectivity index (χ4n) is 1.53. The van der Waals surface area contributed by atoms with Crippen LogP contribution in [0, 0.1) is 0 Å². The van der Waals surface area contributed by atoms with E-state index < -0.39 is 5.97 Å². The van der Waals surface area contributed by atoms with Crippen LogP contribution in [-0.2, 0) is 0 Å². The second-order valence-electron chi connectivity index (χ2n) is 3.64. The quantitative estimate of drug-likeness (QED) is 0.771.